The average molecular weight is 229 g/mol. The minimum absolute atomic E-state index is 0.111. The lowest BCUT2D eigenvalue weighted by atomic mass is 9.88. The van der Waals surface area contributed by atoms with Crippen LogP contribution in [0.15, 0.2) is 0 Å². The molecule has 1 aliphatic rings. The van der Waals surface area contributed by atoms with E-state index in [1.165, 1.54) is 0 Å². The lowest BCUT2D eigenvalue weighted by molar-refractivity contribution is -0.138. The number of nitrogens with two attached hydrogens (primary N) is 1. The fraction of sp³-hybridized carbons (Fsp3) is 1.00. The van der Waals surface area contributed by atoms with Crippen LogP contribution in [0.4, 0.5) is 0 Å². The van der Waals surface area contributed by atoms with Crippen LogP contribution in [0.5, 0.6) is 0 Å². The second-order valence-electron chi connectivity index (χ2n) is 6.08. The first kappa shape index (κ1) is 13.9. The zero-order valence-corrected chi connectivity index (χ0v) is 11.3. The highest BCUT2D eigenvalue weighted by molar-refractivity contribution is 4.80. The van der Waals surface area contributed by atoms with E-state index < -0.39 is 0 Å². The van der Waals surface area contributed by atoms with E-state index in [9.17, 15) is 0 Å². The van der Waals surface area contributed by atoms with Gasteiger partial charge in [0.1, 0.15) is 0 Å². The smallest absolute Gasteiger partial charge is 0.0749 e. The molecule has 0 aromatic rings. The minimum Gasteiger partial charge on any atom is -0.375 e. The first-order chi connectivity index (χ1) is 7.32. The van der Waals surface area contributed by atoms with Crippen molar-refractivity contribution in [3.63, 3.8) is 0 Å². The van der Waals surface area contributed by atoms with Crippen LogP contribution in [0.1, 0.15) is 47.5 Å². The molecule has 1 fully saturated rings. The Hall–Kier alpha value is -0.120. The van der Waals surface area contributed by atoms with Crippen LogP contribution in [0.25, 0.3) is 0 Å². The van der Waals surface area contributed by atoms with Crippen molar-refractivity contribution in [3.05, 3.63) is 0 Å². The summed E-state index contributed by atoms with van der Waals surface area (Å²) in [5, 5.41) is 0. The van der Waals surface area contributed by atoms with Gasteiger partial charge in [-0.1, -0.05) is 20.8 Å². The van der Waals surface area contributed by atoms with E-state index in [1.54, 1.807) is 0 Å². The van der Waals surface area contributed by atoms with Gasteiger partial charge < -0.3 is 15.2 Å². The van der Waals surface area contributed by atoms with Crippen LogP contribution in [0.2, 0.25) is 0 Å². The molecular formula is C13H27NO2. The van der Waals surface area contributed by atoms with Gasteiger partial charge >= 0.3 is 0 Å². The Morgan fingerprint density at radius 3 is 2.12 bits per heavy atom. The Morgan fingerprint density at radius 1 is 1.25 bits per heavy atom. The van der Waals surface area contributed by atoms with E-state index >= 15 is 0 Å². The van der Waals surface area contributed by atoms with Gasteiger partial charge in [-0.25, -0.2) is 0 Å². The Labute approximate surface area is 99.7 Å². The van der Waals surface area contributed by atoms with Crippen LogP contribution < -0.4 is 5.73 Å². The first-order valence-electron chi connectivity index (χ1n) is 6.34. The van der Waals surface area contributed by atoms with Crippen LogP contribution in [-0.4, -0.2) is 31.0 Å². The maximum absolute atomic E-state index is 6.14. The topological polar surface area (TPSA) is 44.5 Å². The normalized spacial score (nSPS) is 33.8. The molecular weight excluding hydrogens is 202 g/mol. The maximum atomic E-state index is 6.14. The highest BCUT2D eigenvalue weighted by Crippen LogP contribution is 2.28. The predicted molar refractivity (Wildman–Crippen MR) is 66.4 cm³/mol. The molecule has 0 saturated carbocycles. The summed E-state index contributed by atoms with van der Waals surface area (Å²) in [6.45, 7) is 11.3. The van der Waals surface area contributed by atoms with E-state index in [4.69, 9.17) is 15.2 Å². The number of ether oxygens (including phenoxy) is 2. The van der Waals surface area contributed by atoms with Gasteiger partial charge in [0.05, 0.1) is 24.4 Å². The molecule has 0 spiro atoms. The van der Waals surface area contributed by atoms with Gasteiger partial charge in [-0.2, -0.15) is 0 Å². The highest BCUT2D eigenvalue weighted by atomic mass is 16.5. The quantitative estimate of drug-likeness (QED) is 0.808. The third-order valence-corrected chi connectivity index (χ3v) is 3.19. The monoisotopic (exact) mass is 229 g/mol. The summed E-state index contributed by atoms with van der Waals surface area (Å²) in [6, 6.07) is 0. The number of rotatable bonds is 3. The van der Waals surface area contributed by atoms with Crippen LogP contribution in [0.3, 0.4) is 0 Å². The summed E-state index contributed by atoms with van der Waals surface area (Å²) in [4.78, 5) is 0. The second kappa shape index (κ2) is 5.48. The van der Waals surface area contributed by atoms with Crippen molar-refractivity contribution >= 4 is 0 Å². The van der Waals surface area contributed by atoms with E-state index in [-0.39, 0.29) is 11.5 Å². The van der Waals surface area contributed by atoms with E-state index in [2.05, 4.69) is 34.6 Å². The summed E-state index contributed by atoms with van der Waals surface area (Å²) in [6.07, 6.45) is 2.99. The summed E-state index contributed by atoms with van der Waals surface area (Å²) < 4.78 is 11.8. The minimum atomic E-state index is 0.111. The van der Waals surface area contributed by atoms with Crippen LogP contribution in [0, 0.1) is 5.41 Å². The number of hydrogen-bond acceptors (Lipinski definition) is 3. The molecule has 1 saturated heterocycles. The summed E-state index contributed by atoms with van der Waals surface area (Å²) in [5.41, 5.74) is 5.90. The van der Waals surface area contributed by atoms with Crippen LogP contribution in [-0.2, 0) is 9.47 Å². The molecule has 0 aromatic carbocycles. The van der Waals surface area contributed by atoms with Gasteiger partial charge in [0.2, 0.25) is 0 Å². The SMILES string of the molecule is CC1CC(OC(CN)C(C)(C)C)CC(C)O1. The van der Waals surface area contributed by atoms with Crippen molar-refractivity contribution in [2.24, 2.45) is 11.1 Å². The van der Waals surface area contributed by atoms with Crippen LogP contribution >= 0.6 is 0 Å². The zero-order chi connectivity index (χ0) is 12.3. The molecule has 3 nitrogen and oxygen atoms in total. The van der Waals surface area contributed by atoms with Gasteiger partial charge in [-0.15, -0.1) is 0 Å². The average Bonchev–Trinajstić information content (AvgIpc) is 2.10. The zero-order valence-electron chi connectivity index (χ0n) is 11.3. The van der Waals surface area contributed by atoms with Crippen molar-refractivity contribution in [2.45, 2.75) is 71.9 Å². The lowest BCUT2D eigenvalue weighted by Crippen LogP contribution is -2.43. The molecule has 3 heteroatoms. The van der Waals surface area contributed by atoms with Gasteiger partial charge in [-0.3, -0.25) is 0 Å². The summed E-state index contributed by atoms with van der Waals surface area (Å²) in [5.74, 6) is 0. The molecule has 2 N–H and O–H groups in total. The first-order valence-corrected chi connectivity index (χ1v) is 6.34. The standard InChI is InChI=1S/C13H27NO2/c1-9-6-11(7-10(2)15-9)16-12(8-14)13(3,4)5/h9-12H,6-8,14H2,1-5H3. The third-order valence-electron chi connectivity index (χ3n) is 3.19. The molecule has 3 unspecified atom stereocenters. The Bertz CT molecular complexity index is 202. The second-order valence-corrected chi connectivity index (χ2v) is 6.08. The molecule has 1 rings (SSSR count). The number of hydrogen-bond donors (Lipinski definition) is 1. The van der Waals surface area contributed by atoms with Crippen molar-refractivity contribution in [3.8, 4) is 0 Å². The van der Waals surface area contributed by atoms with Gasteiger partial charge in [-0.05, 0) is 32.1 Å². The molecule has 0 aromatic heterocycles. The van der Waals surface area contributed by atoms with Crippen molar-refractivity contribution in [1.82, 2.24) is 0 Å². The molecule has 16 heavy (non-hydrogen) atoms. The Balaban J connectivity index is 2.51. The molecule has 1 heterocycles. The van der Waals surface area contributed by atoms with Gasteiger partial charge in [0.15, 0.2) is 0 Å². The molecule has 0 amide bonds. The summed E-state index contributed by atoms with van der Waals surface area (Å²) >= 11 is 0. The van der Waals surface area contributed by atoms with Gasteiger partial charge in [0.25, 0.3) is 0 Å². The largest absolute Gasteiger partial charge is 0.375 e. The van der Waals surface area contributed by atoms with E-state index in [0.717, 1.165) is 12.8 Å². The molecule has 0 bridgehead atoms. The molecule has 0 aliphatic carbocycles. The summed E-state index contributed by atoms with van der Waals surface area (Å²) in [7, 11) is 0. The van der Waals surface area contributed by atoms with Gasteiger partial charge in [0, 0.05) is 6.54 Å². The Morgan fingerprint density at radius 2 is 1.75 bits per heavy atom. The Kier molecular flexibility index (Phi) is 4.77. The predicted octanol–water partition coefficient (Wildman–Crippen LogP) is 2.33. The maximum Gasteiger partial charge on any atom is 0.0749 e. The third kappa shape index (κ3) is 4.04. The fourth-order valence-electron chi connectivity index (χ4n) is 2.30. The van der Waals surface area contributed by atoms with Crippen molar-refractivity contribution < 1.29 is 9.47 Å². The fourth-order valence-corrected chi connectivity index (χ4v) is 2.30. The van der Waals surface area contributed by atoms with Crippen molar-refractivity contribution in [1.29, 1.82) is 0 Å². The molecule has 1 aliphatic heterocycles. The van der Waals surface area contributed by atoms with E-state index in [0.29, 0.717) is 24.9 Å². The highest BCUT2D eigenvalue weighted by Gasteiger charge is 2.31. The molecule has 96 valence electrons. The van der Waals surface area contributed by atoms with E-state index in [1.807, 2.05) is 0 Å². The molecule has 3 atom stereocenters. The van der Waals surface area contributed by atoms with Crippen molar-refractivity contribution in [2.75, 3.05) is 6.54 Å². The molecule has 0 radical (unpaired) electrons. The lowest BCUT2D eigenvalue weighted by Gasteiger charge is -2.38.